The van der Waals surface area contributed by atoms with Gasteiger partial charge in [-0.25, -0.2) is 0 Å². The van der Waals surface area contributed by atoms with Gasteiger partial charge < -0.3 is 19.7 Å². The van der Waals surface area contributed by atoms with E-state index in [1.54, 1.807) is 0 Å². The molecule has 1 saturated heterocycles. The molecular weight excluding hydrogens is 316 g/mol. The maximum absolute atomic E-state index is 12.8. The fraction of sp³-hybridized carbons (Fsp3) is 0.471. The first-order valence-electron chi connectivity index (χ1n) is 7.66. The van der Waals surface area contributed by atoms with Crippen molar-refractivity contribution < 1.29 is 34.1 Å². The lowest BCUT2D eigenvalue weighted by Gasteiger charge is -2.47. The molecule has 7 heteroatoms. The van der Waals surface area contributed by atoms with Gasteiger partial charge in [-0.3, -0.25) is 14.4 Å². The minimum Gasteiger partial charge on any atom is -0.507 e. The molecule has 0 unspecified atom stereocenters. The molecule has 0 amide bonds. The topological polar surface area (TPSA) is 110 Å². The van der Waals surface area contributed by atoms with Gasteiger partial charge in [0.25, 0.3) is 0 Å². The molecule has 2 aliphatic rings. The number of hydrogen-bond donors (Lipinski definition) is 2. The van der Waals surface area contributed by atoms with Crippen LogP contribution in [0.2, 0.25) is 0 Å². The molecule has 0 aromatic heterocycles. The number of benzene rings is 1. The van der Waals surface area contributed by atoms with Crippen LogP contribution in [-0.2, 0) is 14.3 Å². The Kier molecular flexibility index (Phi) is 3.93. The van der Waals surface area contributed by atoms with Crippen LogP contribution in [0.4, 0.5) is 0 Å². The number of aliphatic hydroxyl groups is 1. The van der Waals surface area contributed by atoms with Gasteiger partial charge in [-0.2, -0.15) is 0 Å². The van der Waals surface area contributed by atoms with E-state index in [0.29, 0.717) is 0 Å². The summed E-state index contributed by atoms with van der Waals surface area (Å²) in [6.07, 6.45) is -1.68. The van der Waals surface area contributed by atoms with Gasteiger partial charge in [0.2, 0.25) is 5.78 Å². The summed E-state index contributed by atoms with van der Waals surface area (Å²) >= 11 is 0. The summed E-state index contributed by atoms with van der Waals surface area (Å²) in [5, 5.41) is 20.9. The first-order chi connectivity index (χ1) is 11.3. The van der Waals surface area contributed by atoms with Crippen molar-refractivity contribution in [2.75, 3.05) is 7.11 Å². The maximum Gasteiger partial charge on any atom is 0.308 e. The molecule has 24 heavy (non-hydrogen) atoms. The number of carbonyl (C=O) groups is 3. The summed E-state index contributed by atoms with van der Waals surface area (Å²) in [6.45, 7) is 1.48. The lowest BCUT2D eigenvalue weighted by Crippen LogP contribution is -2.64. The van der Waals surface area contributed by atoms with Crippen LogP contribution in [0.25, 0.3) is 0 Å². The smallest absolute Gasteiger partial charge is 0.308 e. The van der Waals surface area contributed by atoms with Crippen LogP contribution in [0.1, 0.15) is 40.5 Å². The molecule has 7 nitrogen and oxygen atoms in total. The van der Waals surface area contributed by atoms with E-state index in [2.05, 4.69) is 4.74 Å². The molecule has 0 bridgehead atoms. The Morgan fingerprint density at radius 3 is 2.79 bits per heavy atom. The number of ketones is 2. The van der Waals surface area contributed by atoms with E-state index in [1.165, 1.54) is 32.2 Å². The fourth-order valence-corrected chi connectivity index (χ4v) is 3.60. The van der Waals surface area contributed by atoms with Gasteiger partial charge in [0.15, 0.2) is 11.4 Å². The van der Waals surface area contributed by atoms with Gasteiger partial charge in [-0.15, -0.1) is 0 Å². The SMILES string of the molecule is COC(=O)C[C@H]1C[C@H]2C(=O)c3cccc(O)c3C(=O)[C@]2(O)[C@H](C)O1. The van der Waals surface area contributed by atoms with Crippen molar-refractivity contribution >= 4 is 17.5 Å². The van der Waals surface area contributed by atoms with Gasteiger partial charge in [-0.1, -0.05) is 12.1 Å². The molecule has 3 rings (SSSR count). The lowest BCUT2D eigenvalue weighted by atomic mass is 9.65. The second-order valence-electron chi connectivity index (χ2n) is 6.19. The third-order valence-corrected chi connectivity index (χ3v) is 4.88. The lowest BCUT2D eigenvalue weighted by molar-refractivity contribution is -0.175. The van der Waals surface area contributed by atoms with Gasteiger partial charge >= 0.3 is 5.97 Å². The van der Waals surface area contributed by atoms with Crippen molar-refractivity contribution in [2.24, 2.45) is 5.92 Å². The molecule has 1 aliphatic heterocycles. The summed E-state index contributed by atoms with van der Waals surface area (Å²) in [6, 6.07) is 4.21. The van der Waals surface area contributed by atoms with E-state index in [1.807, 2.05) is 0 Å². The molecule has 2 N–H and O–H groups in total. The molecule has 1 heterocycles. The Hall–Kier alpha value is -2.25. The highest BCUT2D eigenvalue weighted by molar-refractivity contribution is 6.20. The van der Waals surface area contributed by atoms with E-state index in [-0.39, 0.29) is 29.7 Å². The van der Waals surface area contributed by atoms with Crippen LogP contribution in [0.3, 0.4) is 0 Å². The Morgan fingerprint density at radius 2 is 2.12 bits per heavy atom. The summed E-state index contributed by atoms with van der Waals surface area (Å²) in [7, 11) is 1.25. The van der Waals surface area contributed by atoms with Crippen molar-refractivity contribution in [1.29, 1.82) is 0 Å². The van der Waals surface area contributed by atoms with Crippen molar-refractivity contribution in [3.63, 3.8) is 0 Å². The fourth-order valence-electron chi connectivity index (χ4n) is 3.60. The van der Waals surface area contributed by atoms with Gasteiger partial charge in [0, 0.05) is 5.56 Å². The second kappa shape index (κ2) is 5.68. The molecule has 1 aromatic rings. The average molecular weight is 334 g/mol. The largest absolute Gasteiger partial charge is 0.507 e. The Balaban J connectivity index is 2.03. The van der Waals surface area contributed by atoms with E-state index in [0.717, 1.165) is 0 Å². The molecule has 0 saturated carbocycles. The molecule has 0 radical (unpaired) electrons. The summed E-state index contributed by atoms with van der Waals surface area (Å²) in [5.41, 5.74) is -2.15. The third-order valence-electron chi connectivity index (χ3n) is 4.88. The summed E-state index contributed by atoms with van der Waals surface area (Å²) in [5.74, 6) is -3.04. The number of methoxy groups -OCH3 is 1. The Morgan fingerprint density at radius 1 is 1.42 bits per heavy atom. The monoisotopic (exact) mass is 334 g/mol. The van der Waals surface area contributed by atoms with Crippen molar-refractivity contribution in [1.82, 2.24) is 0 Å². The van der Waals surface area contributed by atoms with Crippen LogP contribution in [-0.4, -0.2) is 52.7 Å². The normalized spacial score (nSPS) is 32.0. The zero-order valence-electron chi connectivity index (χ0n) is 13.3. The first kappa shape index (κ1) is 16.6. The third kappa shape index (κ3) is 2.23. The van der Waals surface area contributed by atoms with Crippen LogP contribution in [0, 0.1) is 5.92 Å². The molecule has 0 spiro atoms. The zero-order chi connectivity index (χ0) is 17.6. The quantitative estimate of drug-likeness (QED) is 0.772. The van der Waals surface area contributed by atoms with Crippen LogP contribution < -0.4 is 0 Å². The van der Waals surface area contributed by atoms with Gasteiger partial charge in [0.05, 0.1) is 37.2 Å². The highest BCUT2D eigenvalue weighted by atomic mass is 16.5. The van der Waals surface area contributed by atoms with Crippen molar-refractivity contribution in [2.45, 2.75) is 37.6 Å². The second-order valence-corrected chi connectivity index (χ2v) is 6.19. The number of ether oxygens (including phenoxy) is 2. The molecular formula is C17H18O7. The standard InChI is InChI=1S/C17H18O7/c1-8-17(22)11(6-9(24-8)7-13(19)23-2)15(20)10-4-3-5-12(18)14(10)16(17)21/h3-5,8-9,11,18,22H,6-7H2,1-2H3/t8-,9+,11-,17-/m0/s1. The number of carbonyl (C=O) groups excluding carboxylic acids is 3. The zero-order valence-corrected chi connectivity index (χ0v) is 13.3. The number of hydrogen-bond acceptors (Lipinski definition) is 7. The van der Waals surface area contributed by atoms with E-state index >= 15 is 0 Å². The van der Waals surface area contributed by atoms with Crippen LogP contribution in [0.15, 0.2) is 18.2 Å². The number of Topliss-reactive ketones (excluding diaryl/α,β-unsaturated/α-hetero) is 2. The van der Waals surface area contributed by atoms with Crippen molar-refractivity contribution in [3.8, 4) is 5.75 Å². The van der Waals surface area contributed by atoms with Crippen LogP contribution in [0.5, 0.6) is 5.75 Å². The predicted octanol–water partition coefficient (Wildman–Crippen LogP) is 0.859. The average Bonchev–Trinajstić information content (AvgIpc) is 2.55. The number of esters is 1. The minimum atomic E-state index is -2.06. The first-order valence-corrected chi connectivity index (χ1v) is 7.66. The minimum absolute atomic E-state index is 0.0234. The summed E-state index contributed by atoms with van der Waals surface area (Å²) in [4.78, 5) is 37.1. The number of phenolic OH excluding ortho intramolecular Hbond substituents is 1. The summed E-state index contributed by atoms with van der Waals surface area (Å²) < 4.78 is 10.2. The molecule has 1 aliphatic carbocycles. The van der Waals surface area contributed by atoms with E-state index < -0.39 is 41.3 Å². The Labute approximate surface area is 138 Å². The molecule has 4 atom stereocenters. The molecule has 128 valence electrons. The molecule has 1 fully saturated rings. The highest BCUT2D eigenvalue weighted by Gasteiger charge is 2.60. The maximum atomic E-state index is 12.8. The highest BCUT2D eigenvalue weighted by Crippen LogP contribution is 2.45. The van der Waals surface area contributed by atoms with Gasteiger partial charge in [-0.05, 0) is 19.4 Å². The number of fused-ring (bicyclic) bond motifs is 2. The van der Waals surface area contributed by atoms with Crippen molar-refractivity contribution in [3.05, 3.63) is 29.3 Å². The molecule has 1 aromatic carbocycles. The van der Waals surface area contributed by atoms with E-state index in [4.69, 9.17) is 4.74 Å². The Bertz CT molecular complexity index is 726. The van der Waals surface area contributed by atoms with Crippen LogP contribution >= 0.6 is 0 Å². The van der Waals surface area contributed by atoms with E-state index in [9.17, 15) is 24.6 Å². The predicted molar refractivity (Wildman–Crippen MR) is 80.8 cm³/mol. The number of phenols is 1. The number of rotatable bonds is 2. The number of aromatic hydroxyl groups is 1. The van der Waals surface area contributed by atoms with Gasteiger partial charge in [0.1, 0.15) is 5.75 Å².